The van der Waals surface area contributed by atoms with E-state index in [0.717, 1.165) is 49.3 Å². The summed E-state index contributed by atoms with van der Waals surface area (Å²) in [5.41, 5.74) is 5.38. The van der Waals surface area contributed by atoms with E-state index in [1.54, 1.807) is 25.4 Å². The smallest absolute Gasteiger partial charge is 0.324 e. The maximum atomic E-state index is 12.4. The van der Waals surface area contributed by atoms with E-state index in [0.29, 0.717) is 17.2 Å². The fraction of sp³-hybridized carbons (Fsp3) is 0.346. The molecule has 1 aromatic carbocycles. The van der Waals surface area contributed by atoms with Crippen LogP contribution in [0, 0.1) is 13.8 Å². The highest BCUT2D eigenvalue weighted by molar-refractivity contribution is 5.99. The van der Waals surface area contributed by atoms with Gasteiger partial charge in [0, 0.05) is 43.5 Å². The van der Waals surface area contributed by atoms with Gasteiger partial charge in [0.05, 0.1) is 35.5 Å². The lowest BCUT2D eigenvalue weighted by Crippen LogP contribution is -2.62. The summed E-state index contributed by atoms with van der Waals surface area (Å²) in [5.74, 6) is 0.527. The number of pyridine rings is 1. The third-order valence-corrected chi connectivity index (χ3v) is 6.96. The molecule has 2 N–H and O–H groups in total. The Labute approximate surface area is 204 Å². The molecule has 1 atom stereocenters. The van der Waals surface area contributed by atoms with Crippen molar-refractivity contribution in [1.82, 2.24) is 19.9 Å². The number of carbonyl (C=O) groups is 2. The van der Waals surface area contributed by atoms with Gasteiger partial charge in [0.2, 0.25) is 5.91 Å². The zero-order valence-electron chi connectivity index (χ0n) is 20.2. The summed E-state index contributed by atoms with van der Waals surface area (Å²) in [6.07, 6.45) is 6.88. The minimum atomic E-state index is -0.410. The Morgan fingerprint density at radius 1 is 1.00 bits per heavy atom. The third kappa shape index (κ3) is 4.53. The van der Waals surface area contributed by atoms with Gasteiger partial charge in [0.25, 0.3) is 0 Å². The van der Waals surface area contributed by atoms with Crippen LogP contribution in [0.4, 0.5) is 22.0 Å². The van der Waals surface area contributed by atoms with Gasteiger partial charge < -0.3 is 15.1 Å². The molecule has 2 aliphatic rings. The number of nitrogens with zero attached hydrogens (tertiary/aromatic N) is 5. The van der Waals surface area contributed by atoms with E-state index >= 15 is 0 Å². The summed E-state index contributed by atoms with van der Waals surface area (Å²) in [7, 11) is 0. The molecule has 1 spiro atoms. The Balaban J connectivity index is 1.27. The van der Waals surface area contributed by atoms with Gasteiger partial charge in [-0.15, -0.1) is 0 Å². The zero-order chi connectivity index (χ0) is 24.6. The maximum absolute atomic E-state index is 12.4. The number of likely N-dealkylation sites (tertiary alicyclic amines) is 1. The van der Waals surface area contributed by atoms with Crippen molar-refractivity contribution in [2.75, 3.05) is 35.2 Å². The first-order valence-corrected chi connectivity index (χ1v) is 11.8. The molecule has 2 aromatic heterocycles. The van der Waals surface area contributed by atoms with Gasteiger partial charge >= 0.3 is 6.03 Å². The fourth-order valence-electron chi connectivity index (χ4n) is 5.07. The summed E-state index contributed by atoms with van der Waals surface area (Å²) in [6, 6.07) is 9.44. The lowest BCUT2D eigenvalue weighted by atomic mass is 9.83. The van der Waals surface area contributed by atoms with Gasteiger partial charge in [0.15, 0.2) is 5.82 Å². The second-order valence-electron chi connectivity index (χ2n) is 9.37. The summed E-state index contributed by atoms with van der Waals surface area (Å²) in [4.78, 5) is 41.7. The molecule has 180 valence electrons. The summed E-state index contributed by atoms with van der Waals surface area (Å²) < 4.78 is 0. The van der Waals surface area contributed by atoms with Crippen LogP contribution in [0.1, 0.15) is 31.0 Å². The van der Waals surface area contributed by atoms with Gasteiger partial charge in [-0.2, -0.15) is 0 Å². The SMILES string of the molecule is CC(=O)N1CCC12CCN(c1ccc(-c3cncc(NC(=O)Nc4ccc(C)nc4)n3)cc1C)C2. The molecular weight excluding hydrogens is 442 g/mol. The number of aryl methyl sites for hydroxylation is 2. The number of amides is 3. The van der Waals surface area contributed by atoms with Gasteiger partial charge in [0.1, 0.15) is 0 Å². The van der Waals surface area contributed by atoms with Gasteiger partial charge in [-0.25, -0.2) is 9.78 Å². The first-order valence-electron chi connectivity index (χ1n) is 11.8. The topological polar surface area (TPSA) is 103 Å². The molecular formula is C26H29N7O2. The van der Waals surface area contributed by atoms with E-state index in [2.05, 4.69) is 49.5 Å². The molecule has 2 saturated heterocycles. The van der Waals surface area contributed by atoms with Crippen LogP contribution in [0.5, 0.6) is 0 Å². The first-order chi connectivity index (χ1) is 16.8. The predicted octanol–water partition coefficient (Wildman–Crippen LogP) is 4.00. The molecule has 2 fully saturated rings. The molecule has 3 aromatic rings. The molecule has 4 heterocycles. The Bertz CT molecular complexity index is 1280. The monoisotopic (exact) mass is 471 g/mol. The van der Waals surface area contributed by atoms with Crippen LogP contribution in [0.15, 0.2) is 48.9 Å². The number of urea groups is 1. The second-order valence-corrected chi connectivity index (χ2v) is 9.37. The van der Waals surface area contributed by atoms with Crippen molar-refractivity contribution in [1.29, 1.82) is 0 Å². The Hall–Kier alpha value is -4.01. The van der Waals surface area contributed by atoms with E-state index in [-0.39, 0.29) is 11.4 Å². The largest absolute Gasteiger partial charge is 0.369 e. The van der Waals surface area contributed by atoms with Crippen LogP contribution in [0.25, 0.3) is 11.3 Å². The molecule has 2 aliphatic heterocycles. The fourth-order valence-corrected chi connectivity index (χ4v) is 5.07. The second kappa shape index (κ2) is 8.98. The van der Waals surface area contributed by atoms with E-state index in [4.69, 9.17) is 0 Å². The van der Waals surface area contributed by atoms with Crippen molar-refractivity contribution in [2.45, 2.75) is 39.2 Å². The summed E-state index contributed by atoms with van der Waals surface area (Å²) >= 11 is 0. The number of nitrogens with one attached hydrogen (secondary N) is 2. The van der Waals surface area contributed by atoms with Crippen LogP contribution >= 0.6 is 0 Å². The molecule has 0 radical (unpaired) electrons. The minimum absolute atomic E-state index is 0.00235. The van der Waals surface area contributed by atoms with Gasteiger partial charge in [-0.3, -0.25) is 20.1 Å². The zero-order valence-corrected chi connectivity index (χ0v) is 20.2. The van der Waals surface area contributed by atoms with Crippen LogP contribution in [0.2, 0.25) is 0 Å². The average Bonchev–Trinajstić information content (AvgIpc) is 3.27. The first kappa shape index (κ1) is 22.8. The standard InChI is InChI=1S/C26H29N7O2/c1-17-12-20(5-7-23(17)32-10-8-26(16-32)9-11-33(26)19(3)34)22-14-27-15-24(30-22)31-25(35)29-21-6-4-18(2)28-13-21/h4-7,12-15H,8-11,16H2,1-3H3,(H2,29,30,31,35). The number of hydrogen-bond acceptors (Lipinski definition) is 6. The average molecular weight is 472 g/mol. The molecule has 9 heteroatoms. The van der Waals surface area contributed by atoms with E-state index < -0.39 is 6.03 Å². The molecule has 0 saturated carbocycles. The molecule has 3 amide bonds. The van der Waals surface area contributed by atoms with E-state index in [1.807, 2.05) is 24.0 Å². The summed E-state index contributed by atoms with van der Waals surface area (Å²) in [5, 5.41) is 5.47. The molecule has 9 nitrogen and oxygen atoms in total. The number of rotatable bonds is 4. The number of aromatic nitrogens is 3. The van der Waals surface area contributed by atoms with Crippen LogP contribution in [0.3, 0.4) is 0 Å². The Morgan fingerprint density at radius 2 is 1.83 bits per heavy atom. The lowest BCUT2D eigenvalue weighted by Gasteiger charge is -2.50. The molecule has 35 heavy (non-hydrogen) atoms. The van der Waals surface area contributed by atoms with Crippen molar-refractivity contribution in [3.8, 4) is 11.3 Å². The molecule has 1 unspecified atom stereocenters. The molecule has 5 rings (SSSR count). The molecule has 0 aliphatic carbocycles. The number of anilines is 3. The van der Waals surface area contributed by atoms with Gasteiger partial charge in [-0.05, 0) is 56.5 Å². The highest BCUT2D eigenvalue weighted by Gasteiger charge is 2.50. The third-order valence-electron chi connectivity index (χ3n) is 6.96. The van der Waals surface area contributed by atoms with Crippen molar-refractivity contribution in [2.24, 2.45) is 0 Å². The summed E-state index contributed by atoms with van der Waals surface area (Å²) in [6.45, 7) is 8.32. The maximum Gasteiger partial charge on any atom is 0.324 e. The number of benzene rings is 1. The lowest BCUT2D eigenvalue weighted by molar-refractivity contribution is -0.143. The Morgan fingerprint density at radius 3 is 2.51 bits per heavy atom. The van der Waals surface area contributed by atoms with Crippen LogP contribution in [-0.4, -0.2) is 57.0 Å². The van der Waals surface area contributed by atoms with Crippen molar-refractivity contribution in [3.63, 3.8) is 0 Å². The molecule has 0 bridgehead atoms. The Kier molecular flexibility index (Phi) is 5.84. The quantitative estimate of drug-likeness (QED) is 0.596. The number of carbonyl (C=O) groups excluding carboxylic acids is 2. The highest BCUT2D eigenvalue weighted by atomic mass is 16.2. The predicted molar refractivity (Wildman–Crippen MR) is 135 cm³/mol. The van der Waals surface area contributed by atoms with Gasteiger partial charge in [-0.1, -0.05) is 6.07 Å². The van der Waals surface area contributed by atoms with Crippen molar-refractivity contribution < 1.29 is 9.59 Å². The van der Waals surface area contributed by atoms with Crippen LogP contribution < -0.4 is 15.5 Å². The van der Waals surface area contributed by atoms with E-state index in [9.17, 15) is 9.59 Å². The van der Waals surface area contributed by atoms with Crippen molar-refractivity contribution >= 4 is 29.1 Å². The highest BCUT2D eigenvalue weighted by Crippen LogP contribution is 2.41. The van der Waals surface area contributed by atoms with Crippen molar-refractivity contribution in [3.05, 3.63) is 60.2 Å². The van der Waals surface area contributed by atoms with E-state index in [1.165, 1.54) is 11.9 Å². The number of hydrogen-bond donors (Lipinski definition) is 2. The normalized spacial score (nSPS) is 18.9. The van der Waals surface area contributed by atoms with Crippen LogP contribution in [-0.2, 0) is 4.79 Å². The minimum Gasteiger partial charge on any atom is -0.369 e.